The summed E-state index contributed by atoms with van der Waals surface area (Å²) in [6, 6.07) is 14.9. The molecule has 2 heterocycles. The number of nitrogens with two attached hydrogens (primary N) is 1. The van der Waals surface area contributed by atoms with Crippen molar-refractivity contribution < 1.29 is 19.0 Å². The highest BCUT2D eigenvalue weighted by atomic mass is 32.1. The lowest BCUT2D eigenvalue weighted by molar-refractivity contribution is -0.138. The van der Waals surface area contributed by atoms with Gasteiger partial charge in [-0.05, 0) is 42.9 Å². The van der Waals surface area contributed by atoms with Crippen molar-refractivity contribution in [3.05, 3.63) is 75.6 Å². The number of nitrogens with zero attached hydrogens (tertiary/aromatic N) is 1. The summed E-state index contributed by atoms with van der Waals surface area (Å²) in [5.74, 6) is 0.765. The van der Waals surface area contributed by atoms with E-state index in [1.807, 2.05) is 36.4 Å². The van der Waals surface area contributed by atoms with Gasteiger partial charge in [0.05, 0.1) is 38.0 Å². The minimum absolute atomic E-state index is 0.212. The van der Waals surface area contributed by atoms with Crippen LogP contribution in [-0.2, 0) is 9.53 Å². The third-order valence-corrected chi connectivity index (χ3v) is 5.59. The summed E-state index contributed by atoms with van der Waals surface area (Å²) in [5, 5.41) is 3.28. The van der Waals surface area contributed by atoms with Gasteiger partial charge in [-0.2, -0.15) is 0 Å². The van der Waals surface area contributed by atoms with Crippen molar-refractivity contribution in [2.24, 2.45) is 0 Å². The summed E-state index contributed by atoms with van der Waals surface area (Å²) in [6.45, 7) is 1.98. The van der Waals surface area contributed by atoms with Crippen LogP contribution in [0.2, 0.25) is 0 Å². The molecular weight excluding hydrogens is 440 g/mol. The van der Waals surface area contributed by atoms with E-state index in [0.717, 1.165) is 5.56 Å². The Morgan fingerprint density at radius 3 is 2.58 bits per heavy atom. The van der Waals surface area contributed by atoms with Gasteiger partial charge >= 0.3 is 5.97 Å². The Bertz CT molecular complexity index is 1290. The van der Waals surface area contributed by atoms with Crippen LogP contribution in [0.3, 0.4) is 0 Å². The maximum Gasteiger partial charge on any atom is 0.337 e. The van der Waals surface area contributed by atoms with Gasteiger partial charge < -0.3 is 30.2 Å². The lowest BCUT2D eigenvalue weighted by atomic mass is 9.80. The second-order valence-corrected chi connectivity index (χ2v) is 7.65. The minimum Gasteiger partial charge on any atom is -0.497 e. The molecule has 1 aliphatic rings. The van der Waals surface area contributed by atoms with Gasteiger partial charge in [0.25, 0.3) is 0 Å². The zero-order chi connectivity index (χ0) is 23.5. The predicted molar refractivity (Wildman–Crippen MR) is 129 cm³/mol. The van der Waals surface area contributed by atoms with Crippen LogP contribution in [0.1, 0.15) is 29.5 Å². The molecule has 4 N–H and O–H groups in total. The molecule has 8 nitrogen and oxygen atoms in total. The molecule has 9 heteroatoms. The van der Waals surface area contributed by atoms with Crippen LogP contribution in [-0.4, -0.2) is 36.8 Å². The Balaban J connectivity index is 2.11. The molecule has 170 valence electrons. The number of fused-ring (bicyclic) bond motifs is 1. The van der Waals surface area contributed by atoms with E-state index in [-0.39, 0.29) is 11.4 Å². The first-order valence-corrected chi connectivity index (χ1v) is 10.7. The molecule has 33 heavy (non-hydrogen) atoms. The van der Waals surface area contributed by atoms with Crippen molar-refractivity contribution in [2.45, 2.75) is 12.8 Å². The predicted octanol–water partition coefficient (Wildman–Crippen LogP) is 4.27. The first-order valence-electron chi connectivity index (χ1n) is 10.3. The number of H-pyrrole nitrogens is 1. The summed E-state index contributed by atoms with van der Waals surface area (Å²) in [6.07, 6.45) is 0. The van der Waals surface area contributed by atoms with Crippen LogP contribution in [0.25, 0.3) is 5.70 Å². The van der Waals surface area contributed by atoms with E-state index in [1.54, 1.807) is 33.3 Å². The quantitative estimate of drug-likeness (QED) is 0.366. The van der Waals surface area contributed by atoms with E-state index < -0.39 is 11.9 Å². The summed E-state index contributed by atoms with van der Waals surface area (Å²) >= 11 is 5.27. The van der Waals surface area contributed by atoms with Crippen LogP contribution < -0.4 is 20.5 Å². The van der Waals surface area contributed by atoms with E-state index in [1.165, 1.54) is 0 Å². The standard InChI is InChI=1S/C24H24N4O4S/c1-4-32-23(29)18-17(15-12-14(30-2)10-11-16(15)31-3)19-21(25)27-24(33)28-22(19)26-20(18)13-8-6-5-7-9-13/h5-12,17H,4H2,1-3H3,(H4,25,26,27,28,33). The van der Waals surface area contributed by atoms with Crippen molar-refractivity contribution in [2.75, 3.05) is 31.9 Å². The Morgan fingerprint density at radius 1 is 1.15 bits per heavy atom. The van der Waals surface area contributed by atoms with Gasteiger partial charge in [-0.3, -0.25) is 0 Å². The van der Waals surface area contributed by atoms with Crippen molar-refractivity contribution in [1.82, 2.24) is 9.97 Å². The number of rotatable bonds is 6. The van der Waals surface area contributed by atoms with Gasteiger partial charge in [-0.25, -0.2) is 9.78 Å². The zero-order valence-electron chi connectivity index (χ0n) is 18.5. The molecule has 0 bridgehead atoms. The lowest BCUT2D eigenvalue weighted by Gasteiger charge is -2.32. The maximum atomic E-state index is 13.4. The molecule has 0 saturated heterocycles. The molecule has 0 amide bonds. The summed E-state index contributed by atoms with van der Waals surface area (Å²) in [5.41, 5.74) is 9.37. The largest absolute Gasteiger partial charge is 0.497 e. The number of hydrogen-bond donors (Lipinski definition) is 3. The number of aromatic nitrogens is 2. The second-order valence-electron chi connectivity index (χ2n) is 7.26. The molecule has 1 atom stereocenters. The Hall–Kier alpha value is -3.85. The number of anilines is 2. The molecule has 1 aromatic heterocycles. The van der Waals surface area contributed by atoms with E-state index in [0.29, 0.717) is 45.5 Å². The second kappa shape index (κ2) is 9.33. The van der Waals surface area contributed by atoms with Gasteiger partial charge in [-0.15, -0.1) is 0 Å². The van der Waals surface area contributed by atoms with Crippen LogP contribution in [0.15, 0.2) is 54.1 Å². The topological polar surface area (TPSA) is 111 Å². The van der Waals surface area contributed by atoms with E-state index in [9.17, 15) is 4.79 Å². The van der Waals surface area contributed by atoms with Crippen molar-refractivity contribution in [3.63, 3.8) is 0 Å². The van der Waals surface area contributed by atoms with Crippen LogP contribution in [0.5, 0.6) is 11.5 Å². The number of benzene rings is 2. The van der Waals surface area contributed by atoms with E-state index >= 15 is 0 Å². The molecular formula is C24H24N4O4S. The third kappa shape index (κ3) is 4.14. The zero-order valence-corrected chi connectivity index (χ0v) is 19.3. The van der Waals surface area contributed by atoms with Gasteiger partial charge in [0.15, 0.2) is 4.77 Å². The lowest BCUT2D eigenvalue weighted by Crippen LogP contribution is -2.27. The number of carbonyl (C=O) groups is 1. The molecule has 2 aromatic carbocycles. The van der Waals surface area contributed by atoms with Gasteiger partial charge in [0, 0.05) is 11.1 Å². The number of ether oxygens (including phenoxy) is 3. The Labute approximate surface area is 196 Å². The summed E-state index contributed by atoms with van der Waals surface area (Å²) < 4.78 is 16.8. The number of nitrogen functional groups attached to an aromatic ring is 1. The number of carbonyl (C=O) groups excluding carboxylic acids is 1. The Morgan fingerprint density at radius 2 is 1.91 bits per heavy atom. The fraction of sp³-hybridized carbons (Fsp3) is 0.208. The van der Waals surface area contributed by atoms with Crippen LogP contribution in [0, 0.1) is 4.77 Å². The normalized spacial score (nSPS) is 14.8. The maximum absolute atomic E-state index is 13.4. The Kier molecular flexibility index (Phi) is 6.32. The van der Waals surface area contributed by atoms with Crippen molar-refractivity contribution >= 4 is 35.5 Å². The summed E-state index contributed by atoms with van der Waals surface area (Å²) in [4.78, 5) is 20.8. The number of aromatic amines is 1. The highest BCUT2D eigenvalue weighted by molar-refractivity contribution is 7.71. The monoisotopic (exact) mass is 464 g/mol. The number of esters is 1. The van der Waals surface area contributed by atoms with Crippen LogP contribution in [0.4, 0.5) is 11.6 Å². The first-order chi connectivity index (χ1) is 16.0. The van der Waals surface area contributed by atoms with Gasteiger partial charge in [0.2, 0.25) is 0 Å². The molecule has 0 aliphatic carbocycles. The van der Waals surface area contributed by atoms with Crippen molar-refractivity contribution in [1.29, 1.82) is 0 Å². The highest BCUT2D eigenvalue weighted by Crippen LogP contribution is 2.48. The minimum atomic E-state index is -0.667. The van der Waals surface area contributed by atoms with Gasteiger partial charge in [-0.1, -0.05) is 30.3 Å². The molecule has 1 aliphatic heterocycles. The molecule has 0 radical (unpaired) electrons. The van der Waals surface area contributed by atoms with E-state index in [4.69, 9.17) is 32.2 Å². The average Bonchev–Trinajstić information content (AvgIpc) is 2.83. The summed E-state index contributed by atoms with van der Waals surface area (Å²) in [7, 11) is 3.14. The number of methoxy groups -OCH3 is 2. The molecule has 0 spiro atoms. The molecule has 0 saturated carbocycles. The molecule has 4 rings (SSSR count). The molecule has 0 fully saturated rings. The van der Waals surface area contributed by atoms with Crippen LogP contribution >= 0.6 is 12.2 Å². The fourth-order valence-corrected chi connectivity index (χ4v) is 4.20. The fourth-order valence-electron chi connectivity index (χ4n) is 4.00. The molecule has 3 aromatic rings. The average molecular weight is 465 g/mol. The number of hydrogen-bond acceptors (Lipinski definition) is 8. The number of nitrogens with one attached hydrogen (secondary N) is 2. The SMILES string of the molecule is CCOC(=O)C1=C(c2ccccc2)Nc2nc(=S)[nH]c(N)c2C1c1cc(OC)ccc1OC. The van der Waals surface area contributed by atoms with Crippen molar-refractivity contribution in [3.8, 4) is 11.5 Å². The first kappa shape index (κ1) is 22.3. The molecule has 1 unspecified atom stereocenters. The van der Waals surface area contributed by atoms with Gasteiger partial charge in [0.1, 0.15) is 23.1 Å². The third-order valence-electron chi connectivity index (χ3n) is 5.40. The smallest absolute Gasteiger partial charge is 0.337 e. The highest BCUT2D eigenvalue weighted by Gasteiger charge is 2.39. The van der Waals surface area contributed by atoms with E-state index in [2.05, 4.69) is 15.3 Å².